The van der Waals surface area contributed by atoms with Crippen LogP contribution in [-0.4, -0.2) is 77.6 Å². The van der Waals surface area contributed by atoms with E-state index >= 15 is 0 Å². The summed E-state index contributed by atoms with van der Waals surface area (Å²) in [5.74, 6) is 0.254. The first-order valence-corrected chi connectivity index (χ1v) is 9.22. The summed E-state index contributed by atoms with van der Waals surface area (Å²) in [7, 11) is 0. The van der Waals surface area contributed by atoms with Gasteiger partial charge in [0.25, 0.3) is 0 Å². The van der Waals surface area contributed by atoms with E-state index in [9.17, 15) is 9.90 Å². The lowest BCUT2D eigenvalue weighted by Gasteiger charge is -2.36. The number of nitrogens with zero attached hydrogens (tertiary/aromatic N) is 3. The maximum absolute atomic E-state index is 12.7. The van der Waals surface area contributed by atoms with Crippen molar-refractivity contribution in [1.29, 1.82) is 0 Å². The molecule has 5 heteroatoms. The molecule has 0 unspecified atom stereocenters. The highest BCUT2D eigenvalue weighted by Gasteiger charge is 2.24. The first kappa shape index (κ1) is 18.4. The molecule has 0 aromatic rings. The molecule has 1 aliphatic carbocycles. The lowest BCUT2D eigenvalue weighted by atomic mass is 10.0. The van der Waals surface area contributed by atoms with E-state index in [1.54, 1.807) is 0 Å². The fourth-order valence-electron chi connectivity index (χ4n) is 3.50. The average Bonchev–Trinajstić information content (AvgIpc) is 2.54. The molecule has 1 heterocycles. The van der Waals surface area contributed by atoms with Crippen LogP contribution < -0.4 is 0 Å². The van der Waals surface area contributed by atoms with Gasteiger partial charge >= 0.3 is 0 Å². The molecule has 0 spiro atoms. The largest absolute Gasteiger partial charge is 0.392 e. The monoisotopic (exact) mass is 323 g/mol. The van der Waals surface area contributed by atoms with Crippen molar-refractivity contribution in [2.75, 3.05) is 45.8 Å². The number of β-amino-alcohol motifs (C(OH)–C–C–N with tert-alkyl or cyclic N) is 1. The third-order valence-electron chi connectivity index (χ3n) is 4.71. The minimum atomic E-state index is -0.276. The predicted octanol–water partition coefficient (Wildman–Crippen LogP) is 1.68. The normalized spacial score (nSPS) is 21.8. The van der Waals surface area contributed by atoms with Crippen molar-refractivity contribution in [3.8, 4) is 0 Å². The molecule has 2 rings (SSSR count). The second-order valence-electron chi connectivity index (χ2n) is 6.91. The molecule has 5 nitrogen and oxygen atoms in total. The van der Waals surface area contributed by atoms with Gasteiger partial charge in [0, 0.05) is 45.0 Å². The summed E-state index contributed by atoms with van der Waals surface area (Å²) in [5, 5.41) is 9.47. The van der Waals surface area contributed by atoms with Gasteiger partial charge in [-0.05, 0) is 39.0 Å². The first-order chi connectivity index (χ1) is 11.1. The summed E-state index contributed by atoms with van der Waals surface area (Å²) in [6.45, 7) is 9.77. The molecule has 1 N–H and O–H groups in total. The van der Waals surface area contributed by atoms with Gasteiger partial charge in [0.1, 0.15) is 0 Å². The highest BCUT2D eigenvalue weighted by molar-refractivity contribution is 5.80. The number of carbonyl (C=O) groups is 1. The maximum atomic E-state index is 12.7. The zero-order valence-electron chi connectivity index (χ0n) is 14.8. The Hall–Kier alpha value is -0.910. The number of aliphatic hydroxyl groups is 1. The molecule has 2 aliphatic rings. The van der Waals surface area contributed by atoms with Gasteiger partial charge in [-0.1, -0.05) is 13.0 Å². The first-order valence-electron chi connectivity index (χ1n) is 9.22. The minimum absolute atomic E-state index is 0.254. The molecule has 1 amide bonds. The fraction of sp³-hybridized carbons (Fsp3) is 0.833. The van der Waals surface area contributed by atoms with Crippen molar-refractivity contribution in [3.63, 3.8) is 0 Å². The minimum Gasteiger partial charge on any atom is -0.392 e. The highest BCUT2D eigenvalue weighted by Crippen LogP contribution is 2.21. The van der Waals surface area contributed by atoms with Crippen LogP contribution in [0.15, 0.2) is 11.8 Å². The lowest BCUT2D eigenvalue weighted by Crippen LogP contribution is -2.51. The van der Waals surface area contributed by atoms with Gasteiger partial charge in [0.2, 0.25) is 5.91 Å². The van der Waals surface area contributed by atoms with Crippen molar-refractivity contribution in [3.05, 3.63) is 11.8 Å². The summed E-state index contributed by atoms with van der Waals surface area (Å²) >= 11 is 0. The molecule has 0 aromatic heterocycles. The van der Waals surface area contributed by atoms with Gasteiger partial charge in [-0.15, -0.1) is 0 Å². The van der Waals surface area contributed by atoms with Crippen LogP contribution in [0, 0.1) is 0 Å². The van der Waals surface area contributed by atoms with Gasteiger partial charge in [-0.25, -0.2) is 0 Å². The Morgan fingerprint density at radius 1 is 1.26 bits per heavy atom. The van der Waals surface area contributed by atoms with E-state index in [0.717, 1.165) is 58.5 Å². The number of rotatable bonds is 7. The van der Waals surface area contributed by atoms with Crippen molar-refractivity contribution in [2.45, 2.75) is 52.1 Å². The molecule has 0 radical (unpaired) electrons. The van der Waals surface area contributed by atoms with Crippen LogP contribution >= 0.6 is 0 Å². The smallest absolute Gasteiger partial charge is 0.240 e. The van der Waals surface area contributed by atoms with Crippen LogP contribution in [0.4, 0.5) is 0 Å². The molecule has 132 valence electrons. The molecule has 0 bridgehead atoms. The summed E-state index contributed by atoms with van der Waals surface area (Å²) in [6.07, 6.45) is 7.61. The van der Waals surface area contributed by atoms with E-state index in [1.165, 1.54) is 18.5 Å². The van der Waals surface area contributed by atoms with Crippen molar-refractivity contribution < 1.29 is 9.90 Å². The number of aliphatic hydroxyl groups excluding tert-OH is 1. The third-order valence-corrected chi connectivity index (χ3v) is 4.71. The van der Waals surface area contributed by atoms with Gasteiger partial charge in [0.05, 0.1) is 12.6 Å². The molecular weight excluding hydrogens is 290 g/mol. The number of piperazine rings is 1. The highest BCUT2D eigenvalue weighted by atomic mass is 16.3. The van der Waals surface area contributed by atoms with Gasteiger partial charge < -0.3 is 10.0 Å². The van der Waals surface area contributed by atoms with Crippen LogP contribution in [0.1, 0.15) is 46.0 Å². The third kappa shape index (κ3) is 5.90. The molecule has 1 atom stereocenters. The lowest BCUT2D eigenvalue weighted by molar-refractivity contribution is -0.131. The number of hydrogen-bond donors (Lipinski definition) is 1. The molecule has 1 fully saturated rings. The van der Waals surface area contributed by atoms with Crippen molar-refractivity contribution in [2.24, 2.45) is 0 Å². The molecule has 23 heavy (non-hydrogen) atoms. The van der Waals surface area contributed by atoms with Crippen LogP contribution in [0.5, 0.6) is 0 Å². The Kier molecular flexibility index (Phi) is 7.53. The Morgan fingerprint density at radius 2 is 1.96 bits per heavy atom. The van der Waals surface area contributed by atoms with Gasteiger partial charge in [-0.2, -0.15) is 0 Å². The average molecular weight is 323 g/mol. The number of carbonyl (C=O) groups excluding carboxylic acids is 1. The van der Waals surface area contributed by atoms with E-state index in [2.05, 4.69) is 22.8 Å². The Morgan fingerprint density at radius 3 is 2.52 bits per heavy atom. The second-order valence-corrected chi connectivity index (χ2v) is 6.91. The maximum Gasteiger partial charge on any atom is 0.240 e. The summed E-state index contributed by atoms with van der Waals surface area (Å²) in [6, 6.07) is 0. The van der Waals surface area contributed by atoms with Crippen LogP contribution in [0.25, 0.3) is 0 Å². The van der Waals surface area contributed by atoms with Crippen LogP contribution in [-0.2, 0) is 4.79 Å². The zero-order valence-corrected chi connectivity index (χ0v) is 14.8. The molecule has 0 saturated carbocycles. The van der Waals surface area contributed by atoms with Gasteiger partial charge in [-0.3, -0.25) is 14.6 Å². The topological polar surface area (TPSA) is 47.0 Å². The predicted molar refractivity (Wildman–Crippen MR) is 93.1 cm³/mol. The van der Waals surface area contributed by atoms with E-state index < -0.39 is 0 Å². The summed E-state index contributed by atoms with van der Waals surface area (Å²) in [4.78, 5) is 19.3. The van der Waals surface area contributed by atoms with E-state index in [-0.39, 0.29) is 12.0 Å². The number of hydrogen-bond acceptors (Lipinski definition) is 4. The summed E-state index contributed by atoms with van der Waals surface area (Å²) < 4.78 is 0. The van der Waals surface area contributed by atoms with Crippen LogP contribution in [0.2, 0.25) is 0 Å². The number of allylic oxidation sites excluding steroid dienone is 2. The van der Waals surface area contributed by atoms with Crippen molar-refractivity contribution in [1.82, 2.24) is 14.7 Å². The molecule has 0 aromatic carbocycles. The quantitative estimate of drug-likeness (QED) is 0.774. The Bertz CT molecular complexity index is 401. The molecule has 1 saturated heterocycles. The second kappa shape index (κ2) is 9.40. The molecular formula is C18H33N3O2. The molecule has 1 aliphatic heterocycles. The fourth-order valence-corrected chi connectivity index (χ4v) is 3.50. The van der Waals surface area contributed by atoms with Crippen molar-refractivity contribution >= 4 is 5.91 Å². The number of amides is 1. The zero-order chi connectivity index (χ0) is 16.7. The summed E-state index contributed by atoms with van der Waals surface area (Å²) in [5.41, 5.74) is 1.25. The Balaban J connectivity index is 1.83. The van der Waals surface area contributed by atoms with E-state index in [4.69, 9.17) is 0 Å². The van der Waals surface area contributed by atoms with E-state index in [1.807, 2.05) is 11.8 Å². The Labute approximate surface area is 140 Å². The van der Waals surface area contributed by atoms with E-state index in [0.29, 0.717) is 6.54 Å². The SMILES string of the molecule is CCCN(C(=O)CN1CCN(C[C@@H](C)O)CC1)C1=CCCCC1. The van der Waals surface area contributed by atoms with Gasteiger partial charge in [0.15, 0.2) is 0 Å². The standard InChI is InChI=1S/C18H33N3O2/c1-3-9-21(17-7-5-4-6-8-17)18(23)15-20-12-10-19(11-13-20)14-16(2)22/h7,16,22H,3-6,8-15H2,1-2H3/t16-/m1/s1. The van der Waals surface area contributed by atoms with Crippen LogP contribution in [0.3, 0.4) is 0 Å².